The van der Waals surface area contributed by atoms with Crippen LogP contribution < -0.4 is 26.8 Å². The van der Waals surface area contributed by atoms with Crippen LogP contribution in [-0.4, -0.2) is 68.5 Å². The molecule has 4 saturated carbocycles. The van der Waals surface area contributed by atoms with Crippen LogP contribution in [0.3, 0.4) is 0 Å². The first-order chi connectivity index (χ1) is 19.7. The number of H-pyrrole nitrogens is 1. The maximum atomic E-state index is 13.2. The monoisotopic (exact) mass is 566 g/mol. The Morgan fingerprint density at radius 2 is 1.78 bits per heavy atom. The summed E-state index contributed by atoms with van der Waals surface area (Å²) in [5, 5.41) is 19.8. The van der Waals surface area contributed by atoms with Crippen LogP contribution in [0.1, 0.15) is 55.4 Å². The topological polar surface area (TPSA) is 197 Å². The Kier molecular flexibility index (Phi) is 8.26. The van der Waals surface area contributed by atoms with E-state index in [1.165, 1.54) is 42.6 Å². The largest absolute Gasteiger partial charge is 0.353 e. The molecule has 4 bridgehead atoms. The minimum Gasteiger partial charge on any atom is -0.353 e. The van der Waals surface area contributed by atoms with Crippen molar-refractivity contribution in [1.82, 2.24) is 35.9 Å². The van der Waals surface area contributed by atoms with Gasteiger partial charge in [-0.2, -0.15) is 0 Å². The smallest absolute Gasteiger partial charge is 0.287 e. The van der Waals surface area contributed by atoms with Gasteiger partial charge in [0, 0.05) is 25.7 Å². The summed E-state index contributed by atoms with van der Waals surface area (Å²) >= 11 is 0. The third kappa shape index (κ3) is 6.36. The molecule has 2 heterocycles. The van der Waals surface area contributed by atoms with Crippen molar-refractivity contribution in [2.45, 2.75) is 63.6 Å². The molecule has 1 atom stereocenters. The Labute approximate surface area is 235 Å². The fraction of sp³-hybridized carbons (Fsp3) is 0.556. The van der Waals surface area contributed by atoms with Crippen LogP contribution in [-0.2, 0) is 25.7 Å². The number of aromatic amines is 1. The van der Waals surface area contributed by atoms with Gasteiger partial charge in [0.25, 0.3) is 17.4 Å². The molecule has 41 heavy (non-hydrogen) atoms. The number of hydrogen-bond acceptors (Lipinski definition) is 8. The predicted octanol–water partition coefficient (Wildman–Crippen LogP) is -0.260. The van der Waals surface area contributed by atoms with Gasteiger partial charge >= 0.3 is 0 Å². The standard InChI is InChI=1S/C27H34N8O6/c1-28-26(40)21(36)5-4-18(30-25(39)20-12-29-34-33-20)24(38)31-19-3-2-6-35(27(19)41)13-22(37)32-23-16-8-14-7-15(10-16)11-17(23)9-14/h2-3,6,12,14-18,23H,4-5,7-11,13H2,1H3,(H,28,40)(H,30,39)(H,31,38)(H,32,37)(H,29,33,34)/t14?,15?,16?,17?,18-,23?/m0/s1. The number of pyridine rings is 1. The van der Waals surface area contributed by atoms with Crippen LogP contribution in [0.25, 0.3) is 0 Å². The van der Waals surface area contributed by atoms with Gasteiger partial charge in [-0.25, -0.2) is 0 Å². The number of aromatic nitrogens is 4. The van der Waals surface area contributed by atoms with Crippen LogP contribution in [0.2, 0.25) is 0 Å². The normalized spacial score (nSPS) is 24.8. The molecule has 14 nitrogen and oxygen atoms in total. The molecule has 4 aliphatic rings. The van der Waals surface area contributed by atoms with E-state index in [2.05, 4.69) is 36.7 Å². The van der Waals surface area contributed by atoms with Crippen molar-refractivity contribution in [1.29, 1.82) is 0 Å². The van der Waals surface area contributed by atoms with Crippen molar-refractivity contribution < 1.29 is 24.0 Å². The van der Waals surface area contributed by atoms with E-state index in [1.807, 2.05) is 0 Å². The van der Waals surface area contributed by atoms with Gasteiger partial charge in [-0.15, -0.1) is 5.10 Å². The molecular weight excluding hydrogens is 532 g/mol. The van der Waals surface area contributed by atoms with Gasteiger partial charge in [-0.05, 0) is 74.3 Å². The summed E-state index contributed by atoms with van der Waals surface area (Å²) in [5.41, 5.74) is -0.782. The zero-order chi connectivity index (χ0) is 29.1. The summed E-state index contributed by atoms with van der Waals surface area (Å²) in [5.74, 6) is -0.816. The zero-order valence-corrected chi connectivity index (χ0v) is 22.7. The summed E-state index contributed by atoms with van der Waals surface area (Å²) in [7, 11) is 1.31. The third-order valence-electron chi connectivity index (χ3n) is 8.56. The average molecular weight is 567 g/mol. The van der Waals surface area contributed by atoms with Crippen LogP contribution in [0.4, 0.5) is 5.69 Å². The van der Waals surface area contributed by atoms with Crippen LogP contribution >= 0.6 is 0 Å². The van der Waals surface area contributed by atoms with Crippen molar-refractivity contribution in [3.05, 3.63) is 40.6 Å². The van der Waals surface area contributed by atoms with E-state index in [0.717, 1.165) is 37.5 Å². The number of carbonyl (C=O) groups is 5. The van der Waals surface area contributed by atoms with Gasteiger partial charge < -0.3 is 25.8 Å². The molecule has 0 radical (unpaired) electrons. The number of rotatable bonds is 11. The van der Waals surface area contributed by atoms with Crippen LogP contribution in [0.5, 0.6) is 0 Å². The number of carbonyl (C=O) groups excluding carboxylic acids is 5. The minimum absolute atomic E-state index is 0.0901. The maximum absolute atomic E-state index is 13.2. The molecule has 2 aromatic heterocycles. The van der Waals surface area contributed by atoms with Gasteiger partial charge in [0.15, 0.2) is 5.69 Å². The van der Waals surface area contributed by atoms with E-state index in [4.69, 9.17) is 0 Å². The number of anilines is 1. The molecule has 2 aromatic rings. The minimum atomic E-state index is -1.28. The summed E-state index contributed by atoms with van der Waals surface area (Å²) < 4.78 is 1.22. The molecular formula is C27H34N8O6. The Bertz CT molecular complexity index is 1360. The van der Waals surface area contributed by atoms with Gasteiger partial charge in [-0.1, -0.05) is 5.21 Å². The van der Waals surface area contributed by atoms with E-state index in [1.54, 1.807) is 0 Å². The molecule has 14 heteroatoms. The summed E-state index contributed by atoms with van der Waals surface area (Å²) in [6.45, 7) is -0.196. The molecule has 0 aromatic carbocycles. The SMILES string of the molecule is CNC(=O)C(=O)CC[C@H](NC(=O)c1c[nH]nn1)C(=O)Nc1cccn(CC(=O)NC2C3CC4CC(C3)CC2C4)c1=O. The average Bonchev–Trinajstić information content (AvgIpc) is 3.49. The van der Waals surface area contributed by atoms with Crippen molar-refractivity contribution >= 4 is 35.1 Å². The quantitative estimate of drug-likeness (QED) is 0.229. The van der Waals surface area contributed by atoms with Crippen molar-refractivity contribution in [2.24, 2.45) is 23.7 Å². The Hall–Kier alpha value is -4.36. The lowest BCUT2D eigenvalue weighted by Gasteiger charge is -2.54. The third-order valence-corrected chi connectivity index (χ3v) is 8.56. The second-order valence-corrected chi connectivity index (χ2v) is 11.3. The highest BCUT2D eigenvalue weighted by Crippen LogP contribution is 2.53. The number of likely N-dealkylation sites (N-methyl/N-ethyl adjacent to an activating group) is 1. The Balaban J connectivity index is 1.23. The molecule has 4 aliphatic carbocycles. The van der Waals surface area contributed by atoms with E-state index >= 15 is 0 Å². The van der Waals surface area contributed by atoms with Crippen LogP contribution in [0, 0.1) is 23.7 Å². The molecule has 4 amide bonds. The molecule has 6 rings (SSSR count). The van der Waals surface area contributed by atoms with Gasteiger partial charge in [0.05, 0.1) is 6.20 Å². The predicted molar refractivity (Wildman–Crippen MR) is 144 cm³/mol. The molecule has 0 unspecified atom stereocenters. The Morgan fingerprint density at radius 1 is 1.07 bits per heavy atom. The fourth-order valence-corrected chi connectivity index (χ4v) is 6.87. The van der Waals surface area contributed by atoms with Crippen LogP contribution in [0.15, 0.2) is 29.3 Å². The number of amides is 4. The molecule has 0 spiro atoms. The zero-order valence-electron chi connectivity index (χ0n) is 22.7. The molecule has 218 valence electrons. The van der Waals surface area contributed by atoms with Gasteiger partial charge in [0.2, 0.25) is 17.6 Å². The number of hydrogen-bond donors (Lipinski definition) is 5. The first-order valence-electron chi connectivity index (χ1n) is 13.9. The first kappa shape index (κ1) is 28.2. The van der Waals surface area contributed by atoms with Gasteiger partial charge in [-0.3, -0.25) is 33.9 Å². The highest BCUT2D eigenvalue weighted by molar-refractivity contribution is 6.36. The fourth-order valence-electron chi connectivity index (χ4n) is 6.87. The molecule has 0 aliphatic heterocycles. The first-order valence-corrected chi connectivity index (χ1v) is 13.9. The lowest BCUT2D eigenvalue weighted by molar-refractivity contribution is -0.137. The van der Waals surface area contributed by atoms with Gasteiger partial charge in [0.1, 0.15) is 18.3 Å². The lowest BCUT2D eigenvalue weighted by Crippen LogP contribution is -2.56. The number of ketones is 1. The Morgan fingerprint density at radius 3 is 2.41 bits per heavy atom. The van der Waals surface area contributed by atoms with E-state index < -0.39 is 35.1 Å². The summed E-state index contributed by atoms with van der Waals surface area (Å²) in [6, 6.07) is 1.78. The summed E-state index contributed by atoms with van der Waals surface area (Å²) in [6.07, 6.45) is 8.09. The van der Waals surface area contributed by atoms with Crippen molar-refractivity contribution in [3.63, 3.8) is 0 Å². The molecule has 4 fully saturated rings. The second-order valence-electron chi connectivity index (χ2n) is 11.3. The van der Waals surface area contributed by atoms with E-state index in [-0.39, 0.29) is 42.7 Å². The molecule has 5 N–H and O–H groups in total. The molecule has 0 saturated heterocycles. The van der Waals surface area contributed by atoms with Crippen molar-refractivity contribution in [3.8, 4) is 0 Å². The van der Waals surface area contributed by atoms with E-state index in [0.29, 0.717) is 11.8 Å². The summed E-state index contributed by atoms with van der Waals surface area (Å²) in [4.78, 5) is 75.4. The van der Waals surface area contributed by atoms with E-state index in [9.17, 15) is 28.8 Å². The maximum Gasteiger partial charge on any atom is 0.287 e. The number of Topliss-reactive ketones (excluding diaryl/α,β-unsaturated/α-hetero) is 1. The number of nitrogens with zero attached hydrogens (tertiary/aromatic N) is 3. The highest BCUT2D eigenvalue weighted by Gasteiger charge is 2.48. The lowest BCUT2D eigenvalue weighted by atomic mass is 9.54. The highest BCUT2D eigenvalue weighted by atomic mass is 16.2. The van der Waals surface area contributed by atoms with Crippen molar-refractivity contribution in [2.75, 3.05) is 12.4 Å². The number of nitrogens with one attached hydrogen (secondary N) is 5. The second kappa shape index (κ2) is 12.0.